The van der Waals surface area contributed by atoms with Gasteiger partial charge in [-0.25, -0.2) is 9.97 Å². The van der Waals surface area contributed by atoms with E-state index < -0.39 is 0 Å². The van der Waals surface area contributed by atoms with Crippen molar-refractivity contribution in [3.05, 3.63) is 16.0 Å². The van der Waals surface area contributed by atoms with E-state index in [1.165, 1.54) is 0 Å². The average Bonchev–Trinajstić information content (AvgIpc) is 2.33. The molecule has 0 amide bonds. The van der Waals surface area contributed by atoms with Gasteiger partial charge in [0.15, 0.2) is 5.82 Å². The summed E-state index contributed by atoms with van der Waals surface area (Å²) < 4.78 is 6.48. The lowest BCUT2D eigenvalue weighted by Crippen LogP contribution is -2.19. The Labute approximate surface area is 114 Å². The molecule has 1 saturated heterocycles. The third kappa shape index (κ3) is 2.92. The van der Waals surface area contributed by atoms with E-state index in [1.807, 2.05) is 11.8 Å². The summed E-state index contributed by atoms with van der Waals surface area (Å²) in [5, 5.41) is 0. The van der Waals surface area contributed by atoms with Crippen LogP contribution in [-0.4, -0.2) is 28.1 Å². The maximum atomic E-state index is 5.91. The van der Waals surface area contributed by atoms with Crippen LogP contribution in [0.1, 0.15) is 37.4 Å². The zero-order chi connectivity index (χ0) is 12.4. The first-order chi connectivity index (χ1) is 8.09. The molecule has 0 spiro atoms. The van der Waals surface area contributed by atoms with Crippen LogP contribution in [0.15, 0.2) is 4.47 Å². The number of hydrogen-bond acceptors (Lipinski definition) is 5. The summed E-state index contributed by atoms with van der Waals surface area (Å²) in [5.74, 6) is 3.46. The molecule has 1 aliphatic heterocycles. The summed E-state index contributed by atoms with van der Waals surface area (Å²) in [5.41, 5.74) is 6.86. The molecule has 1 unspecified atom stereocenters. The van der Waals surface area contributed by atoms with Gasteiger partial charge in [0, 0.05) is 11.5 Å². The Hall–Kier alpha value is -0.330. The van der Waals surface area contributed by atoms with E-state index >= 15 is 0 Å². The second-order valence-corrected chi connectivity index (χ2v) is 6.20. The highest BCUT2D eigenvalue weighted by atomic mass is 79.9. The molecule has 4 nitrogen and oxygen atoms in total. The van der Waals surface area contributed by atoms with Gasteiger partial charge >= 0.3 is 0 Å². The normalized spacial score (nSPS) is 20.8. The van der Waals surface area contributed by atoms with Crippen LogP contribution in [0.25, 0.3) is 0 Å². The number of aromatic nitrogens is 2. The first kappa shape index (κ1) is 13.1. The molecule has 1 aliphatic rings. The molecule has 6 heteroatoms. The fraction of sp³-hybridized carbons (Fsp3) is 0.636. The van der Waals surface area contributed by atoms with Gasteiger partial charge in [0.25, 0.3) is 0 Å². The van der Waals surface area contributed by atoms with Gasteiger partial charge in [-0.3, -0.25) is 0 Å². The molecular weight excluding hydrogens is 302 g/mol. The van der Waals surface area contributed by atoms with Crippen molar-refractivity contribution in [2.75, 3.05) is 23.8 Å². The Morgan fingerprint density at radius 2 is 2.24 bits per heavy atom. The summed E-state index contributed by atoms with van der Waals surface area (Å²) in [6, 6.07) is 0. The van der Waals surface area contributed by atoms with E-state index in [4.69, 9.17) is 10.5 Å². The van der Waals surface area contributed by atoms with Crippen LogP contribution in [-0.2, 0) is 4.74 Å². The molecule has 2 rings (SSSR count). The summed E-state index contributed by atoms with van der Waals surface area (Å²) in [6.45, 7) is 4.94. The first-order valence-corrected chi connectivity index (χ1v) is 7.56. The highest BCUT2D eigenvalue weighted by Crippen LogP contribution is 2.31. The van der Waals surface area contributed by atoms with Crippen LogP contribution in [0.2, 0.25) is 0 Å². The van der Waals surface area contributed by atoms with Crippen molar-refractivity contribution in [1.29, 1.82) is 0 Å². The van der Waals surface area contributed by atoms with Crippen LogP contribution >= 0.6 is 27.7 Å². The number of nitrogens with two attached hydrogens (primary N) is 1. The van der Waals surface area contributed by atoms with Crippen molar-refractivity contribution < 1.29 is 4.74 Å². The highest BCUT2D eigenvalue weighted by molar-refractivity contribution is 9.10. The van der Waals surface area contributed by atoms with Crippen molar-refractivity contribution in [1.82, 2.24) is 9.97 Å². The van der Waals surface area contributed by atoms with Crippen LogP contribution in [0.4, 0.5) is 5.82 Å². The molecule has 0 aromatic carbocycles. The van der Waals surface area contributed by atoms with Gasteiger partial charge in [-0.15, -0.1) is 0 Å². The molecule has 0 saturated carbocycles. The van der Waals surface area contributed by atoms with Crippen molar-refractivity contribution >= 4 is 33.5 Å². The Morgan fingerprint density at radius 1 is 1.47 bits per heavy atom. The second-order valence-electron chi connectivity index (χ2n) is 4.26. The van der Waals surface area contributed by atoms with E-state index in [-0.39, 0.29) is 6.10 Å². The van der Waals surface area contributed by atoms with E-state index in [0.29, 0.717) is 17.6 Å². The van der Waals surface area contributed by atoms with Gasteiger partial charge in [0.05, 0.1) is 16.8 Å². The van der Waals surface area contributed by atoms with E-state index in [1.54, 1.807) is 0 Å². The Kier molecular flexibility index (Phi) is 4.27. The van der Waals surface area contributed by atoms with Crippen LogP contribution < -0.4 is 5.73 Å². The summed E-state index contributed by atoms with van der Waals surface area (Å²) in [6.07, 6.45) is -0.0263. The number of ether oxygens (including phenoxy) is 1. The van der Waals surface area contributed by atoms with Gasteiger partial charge in [-0.2, -0.15) is 11.8 Å². The Balaban J connectivity index is 2.34. The van der Waals surface area contributed by atoms with Crippen LogP contribution in [0, 0.1) is 0 Å². The third-order valence-corrected chi connectivity index (χ3v) is 4.38. The maximum Gasteiger partial charge on any atom is 0.160 e. The SMILES string of the molecule is CC(C)c1nc(C2CSCCO2)nc(N)c1Br. The largest absolute Gasteiger partial charge is 0.383 e. The third-order valence-electron chi connectivity index (χ3n) is 2.57. The van der Waals surface area contributed by atoms with E-state index in [9.17, 15) is 0 Å². The van der Waals surface area contributed by atoms with Crippen molar-refractivity contribution in [2.45, 2.75) is 25.9 Å². The van der Waals surface area contributed by atoms with Gasteiger partial charge in [-0.05, 0) is 21.8 Å². The minimum atomic E-state index is -0.0263. The van der Waals surface area contributed by atoms with Gasteiger partial charge in [-0.1, -0.05) is 13.8 Å². The molecule has 1 fully saturated rings. The van der Waals surface area contributed by atoms with Crippen molar-refractivity contribution in [2.24, 2.45) is 0 Å². The Bertz CT molecular complexity index is 408. The molecule has 1 aromatic heterocycles. The fourth-order valence-electron chi connectivity index (χ4n) is 1.66. The monoisotopic (exact) mass is 317 g/mol. The molecule has 1 aromatic rings. The second kappa shape index (κ2) is 5.54. The number of hydrogen-bond donors (Lipinski definition) is 1. The molecule has 1 atom stereocenters. The van der Waals surface area contributed by atoms with E-state index in [2.05, 4.69) is 39.7 Å². The number of thioether (sulfide) groups is 1. The summed E-state index contributed by atoms with van der Waals surface area (Å²) in [7, 11) is 0. The highest BCUT2D eigenvalue weighted by Gasteiger charge is 2.22. The quantitative estimate of drug-likeness (QED) is 0.908. The number of anilines is 1. The van der Waals surface area contributed by atoms with Gasteiger partial charge < -0.3 is 10.5 Å². The molecule has 0 radical (unpaired) electrons. The topological polar surface area (TPSA) is 61.0 Å². The molecule has 0 aliphatic carbocycles. The molecule has 0 bridgehead atoms. The van der Waals surface area contributed by atoms with Gasteiger partial charge in [0.2, 0.25) is 0 Å². The number of nitrogen functional groups attached to an aromatic ring is 1. The number of halogens is 1. The first-order valence-electron chi connectivity index (χ1n) is 5.61. The predicted octanol–water partition coefficient (Wildman–Crippen LogP) is 2.75. The van der Waals surface area contributed by atoms with E-state index in [0.717, 1.165) is 28.3 Å². The zero-order valence-electron chi connectivity index (χ0n) is 9.94. The van der Waals surface area contributed by atoms with Crippen LogP contribution in [0.3, 0.4) is 0 Å². The van der Waals surface area contributed by atoms with Crippen LogP contribution in [0.5, 0.6) is 0 Å². The lowest BCUT2D eigenvalue weighted by Gasteiger charge is -2.22. The molecule has 17 heavy (non-hydrogen) atoms. The lowest BCUT2D eigenvalue weighted by atomic mass is 10.1. The van der Waals surface area contributed by atoms with Crippen molar-refractivity contribution in [3.8, 4) is 0 Å². The number of nitrogens with zero attached hydrogens (tertiary/aromatic N) is 2. The standard InChI is InChI=1S/C11H16BrN3OS/c1-6(2)9-8(12)10(13)15-11(14-9)7-5-17-4-3-16-7/h6-7H,3-5H2,1-2H3,(H2,13,14,15). The average molecular weight is 318 g/mol. The smallest absolute Gasteiger partial charge is 0.160 e. The minimum Gasteiger partial charge on any atom is -0.383 e. The number of rotatable bonds is 2. The Morgan fingerprint density at radius 3 is 2.82 bits per heavy atom. The molecule has 2 heterocycles. The predicted molar refractivity (Wildman–Crippen MR) is 74.3 cm³/mol. The molecular formula is C11H16BrN3OS. The summed E-state index contributed by atoms with van der Waals surface area (Å²) in [4.78, 5) is 8.90. The maximum absolute atomic E-state index is 5.91. The lowest BCUT2D eigenvalue weighted by molar-refractivity contribution is 0.0693. The zero-order valence-corrected chi connectivity index (χ0v) is 12.3. The molecule has 2 N–H and O–H groups in total. The van der Waals surface area contributed by atoms with Crippen molar-refractivity contribution in [3.63, 3.8) is 0 Å². The van der Waals surface area contributed by atoms with Gasteiger partial charge in [0.1, 0.15) is 11.9 Å². The fourth-order valence-corrected chi connectivity index (χ4v) is 3.14. The minimum absolute atomic E-state index is 0.0263. The summed E-state index contributed by atoms with van der Waals surface area (Å²) >= 11 is 5.31. The molecule has 94 valence electrons.